The maximum absolute atomic E-state index is 13.8. The van der Waals surface area contributed by atoms with E-state index in [0.29, 0.717) is 29.8 Å². The maximum atomic E-state index is 13.8. The van der Waals surface area contributed by atoms with Gasteiger partial charge in [0.25, 0.3) is 5.91 Å². The highest BCUT2D eigenvalue weighted by Crippen LogP contribution is 2.23. The fourth-order valence-electron chi connectivity index (χ4n) is 2.36. The van der Waals surface area contributed by atoms with Crippen LogP contribution in [0.4, 0.5) is 4.39 Å². The van der Waals surface area contributed by atoms with Gasteiger partial charge in [0, 0.05) is 12.1 Å². The Bertz CT molecular complexity index is 640. The summed E-state index contributed by atoms with van der Waals surface area (Å²) in [4.78, 5) is 12.2. The van der Waals surface area contributed by atoms with Gasteiger partial charge in [-0.1, -0.05) is 19.1 Å². The Labute approximate surface area is 128 Å². The topological polar surface area (TPSA) is 78.0 Å². The highest BCUT2D eigenvalue weighted by molar-refractivity contribution is 5.99. The van der Waals surface area contributed by atoms with Crippen molar-refractivity contribution < 1.29 is 14.3 Å². The Morgan fingerprint density at radius 3 is 2.82 bits per heavy atom. The zero-order valence-corrected chi connectivity index (χ0v) is 12.6. The number of aromatic nitrogens is 2. The third-order valence-corrected chi connectivity index (χ3v) is 3.38. The molecule has 2 rings (SSSR count). The van der Waals surface area contributed by atoms with Gasteiger partial charge in [0.05, 0.1) is 23.6 Å². The first-order valence-electron chi connectivity index (χ1n) is 7.23. The first kappa shape index (κ1) is 16.2. The molecule has 0 radical (unpaired) electrons. The van der Waals surface area contributed by atoms with E-state index in [1.54, 1.807) is 25.1 Å². The largest absolute Gasteiger partial charge is 0.393 e. The van der Waals surface area contributed by atoms with Crippen molar-refractivity contribution in [2.45, 2.75) is 26.4 Å². The minimum Gasteiger partial charge on any atom is -0.393 e. The molecule has 3 N–H and O–H groups in total. The summed E-state index contributed by atoms with van der Waals surface area (Å²) in [6.07, 6.45) is 1.58. The molecule has 5 nitrogen and oxygen atoms in total. The zero-order chi connectivity index (χ0) is 16.1. The number of hydrogen-bond donors (Lipinski definition) is 3. The summed E-state index contributed by atoms with van der Waals surface area (Å²) in [5.41, 5.74) is 0.968. The number of carbonyl (C=O) groups excluding carboxylic acids is 1. The predicted molar refractivity (Wildman–Crippen MR) is 81.8 cm³/mol. The molecule has 0 saturated carbocycles. The Kier molecular flexibility index (Phi) is 5.27. The maximum Gasteiger partial charge on any atom is 0.255 e. The molecule has 0 spiro atoms. The van der Waals surface area contributed by atoms with Gasteiger partial charge in [-0.25, -0.2) is 4.39 Å². The molecule has 6 heteroatoms. The molecule has 0 fully saturated rings. The smallest absolute Gasteiger partial charge is 0.255 e. The van der Waals surface area contributed by atoms with E-state index in [0.717, 1.165) is 0 Å². The molecule has 1 heterocycles. The van der Waals surface area contributed by atoms with Gasteiger partial charge in [-0.05, 0) is 31.4 Å². The van der Waals surface area contributed by atoms with Crippen LogP contribution >= 0.6 is 0 Å². The molecular weight excluding hydrogens is 285 g/mol. The number of nitrogens with zero attached hydrogens (tertiary/aromatic N) is 1. The number of aliphatic hydroxyl groups is 1. The molecule has 2 aromatic rings. The van der Waals surface area contributed by atoms with E-state index in [9.17, 15) is 14.3 Å². The molecule has 2 atom stereocenters. The van der Waals surface area contributed by atoms with Crippen molar-refractivity contribution in [1.82, 2.24) is 15.5 Å². The Morgan fingerprint density at radius 1 is 1.41 bits per heavy atom. The summed E-state index contributed by atoms with van der Waals surface area (Å²) < 4.78 is 13.8. The van der Waals surface area contributed by atoms with Crippen LogP contribution in [0.5, 0.6) is 0 Å². The lowest BCUT2D eigenvalue weighted by Gasteiger charge is -2.14. The van der Waals surface area contributed by atoms with Crippen molar-refractivity contribution in [3.05, 3.63) is 41.8 Å². The molecule has 22 heavy (non-hydrogen) atoms. The highest BCUT2D eigenvalue weighted by Gasteiger charge is 2.18. The van der Waals surface area contributed by atoms with Gasteiger partial charge in [-0.3, -0.25) is 9.89 Å². The average Bonchev–Trinajstić information content (AvgIpc) is 2.94. The van der Waals surface area contributed by atoms with Crippen LogP contribution < -0.4 is 5.32 Å². The molecule has 0 aliphatic carbocycles. The molecule has 0 bridgehead atoms. The van der Waals surface area contributed by atoms with E-state index < -0.39 is 11.9 Å². The van der Waals surface area contributed by atoms with Crippen LogP contribution in [0.2, 0.25) is 0 Å². The SMILES string of the molecule is CC(O)CC(C)CNC(=O)c1cn[nH]c1-c1ccccc1F. The van der Waals surface area contributed by atoms with Crippen molar-refractivity contribution in [3.8, 4) is 11.3 Å². The number of H-pyrrole nitrogens is 1. The van der Waals surface area contributed by atoms with E-state index in [1.807, 2.05) is 6.92 Å². The van der Waals surface area contributed by atoms with Crippen molar-refractivity contribution in [1.29, 1.82) is 0 Å². The molecule has 0 saturated heterocycles. The lowest BCUT2D eigenvalue weighted by atomic mass is 10.0. The Balaban J connectivity index is 2.09. The molecule has 1 amide bonds. The van der Waals surface area contributed by atoms with E-state index >= 15 is 0 Å². The number of aromatic amines is 1. The monoisotopic (exact) mass is 305 g/mol. The molecule has 2 unspecified atom stereocenters. The number of benzene rings is 1. The van der Waals surface area contributed by atoms with E-state index in [2.05, 4.69) is 15.5 Å². The minimum absolute atomic E-state index is 0.146. The van der Waals surface area contributed by atoms with Crippen LogP contribution in [0.1, 0.15) is 30.6 Å². The van der Waals surface area contributed by atoms with Crippen LogP contribution in [0.25, 0.3) is 11.3 Å². The molecule has 0 aliphatic heterocycles. The van der Waals surface area contributed by atoms with Gasteiger partial charge < -0.3 is 10.4 Å². The predicted octanol–water partition coefficient (Wildman–Crippen LogP) is 2.35. The standard InChI is InChI=1S/C16H20FN3O2/c1-10(7-11(2)21)8-18-16(22)13-9-19-20-15(13)12-5-3-4-6-14(12)17/h3-6,9-11,21H,7-8H2,1-2H3,(H,18,22)(H,19,20). The molecule has 1 aromatic heterocycles. The fourth-order valence-corrected chi connectivity index (χ4v) is 2.36. The zero-order valence-electron chi connectivity index (χ0n) is 12.6. The number of halogens is 1. The lowest BCUT2D eigenvalue weighted by Crippen LogP contribution is -2.29. The van der Waals surface area contributed by atoms with Gasteiger partial charge in [0.1, 0.15) is 5.82 Å². The number of hydrogen-bond acceptors (Lipinski definition) is 3. The van der Waals surface area contributed by atoms with Crippen LogP contribution in [-0.4, -0.2) is 33.9 Å². The number of amides is 1. The van der Waals surface area contributed by atoms with Crippen molar-refractivity contribution in [2.75, 3.05) is 6.54 Å². The van der Waals surface area contributed by atoms with Gasteiger partial charge in [0.15, 0.2) is 0 Å². The summed E-state index contributed by atoms with van der Waals surface area (Å²) in [5, 5.41) is 18.6. The van der Waals surface area contributed by atoms with Gasteiger partial charge in [-0.2, -0.15) is 5.10 Å². The second kappa shape index (κ2) is 7.17. The second-order valence-electron chi connectivity index (χ2n) is 5.54. The summed E-state index contributed by atoms with van der Waals surface area (Å²) in [6, 6.07) is 6.22. The van der Waals surface area contributed by atoms with Crippen molar-refractivity contribution >= 4 is 5.91 Å². The average molecular weight is 305 g/mol. The Hall–Kier alpha value is -2.21. The summed E-state index contributed by atoms with van der Waals surface area (Å²) in [7, 11) is 0. The molecule has 1 aromatic carbocycles. The first-order chi connectivity index (χ1) is 10.5. The van der Waals surface area contributed by atoms with Crippen LogP contribution in [-0.2, 0) is 0 Å². The van der Waals surface area contributed by atoms with Gasteiger partial charge >= 0.3 is 0 Å². The summed E-state index contributed by atoms with van der Waals surface area (Å²) in [5.74, 6) is -0.583. The van der Waals surface area contributed by atoms with Gasteiger partial charge in [0.2, 0.25) is 0 Å². The molecule has 118 valence electrons. The van der Waals surface area contributed by atoms with Crippen LogP contribution in [0.3, 0.4) is 0 Å². The van der Waals surface area contributed by atoms with Crippen LogP contribution in [0, 0.1) is 11.7 Å². The number of nitrogens with one attached hydrogen (secondary N) is 2. The van der Waals surface area contributed by atoms with Crippen LogP contribution in [0.15, 0.2) is 30.5 Å². The van der Waals surface area contributed by atoms with Crippen molar-refractivity contribution in [3.63, 3.8) is 0 Å². The quantitative estimate of drug-likeness (QED) is 0.766. The fraction of sp³-hybridized carbons (Fsp3) is 0.375. The second-order valence-corrected chi connectivity index (χ2v) is 5.54. The number of carbonyl (C=O) groups is 1. The Morgan fingerprint density at radius 2 is 2.14 bits per heavy atom. The lowest BCUT2D eigenvalue weighted by molar-refractivity contribution is 0.0940. The third kappa shape index (κ3) is 3.92. The van der Waals surface area contributed by atoms with E-state index in [4.69, 9.17) is 0 Å². The van der Waals surface area contributed by atoms with E-state index in [1.165, 1.54) is 12.3 Å². The first-order valence-corrected chi connectivity index (χ1v) is 7.23. The molecular formula is C16H20FN3O2. The summed E-state index contributed by atoms with van der Waals surface area (Å²) >= 11 is 0. The number of aliphatic hydroxyl groups excluding tert-OH is 1. The van der Waals surface area contributed by atoms with Gasteiger partial charge in [-0.15, -0.1) is 0 Å². The minimum atomic E-state index is -0.414. The van der Waals surface area contributed by atoms with E-state index in [-0.39, 0.29) is 11.8 Å². The normalized spacial score (nSPS) is 13.6. The summed E-state index contributed by atoms with van der Waals surface area (Å²) in [6.45, 7) is 4.09. The molecule has 0 aliphatic rings. The number of rotatable bonds is 6. The highest BCUT2D eigenvalue weighted by atomic mass is 19.1. The van der Waals surface area contributed by atoms with Crippen molar-refractivity contribution in [2.24, 2.45) is 5.92 Å². The third-order valence-electron chi connectivity index (χ3n) is 3.38.